The molecule has 3 fully saturated rings. The van der Waals surface area contributed by atoms with Crippen molar-refractivity contribution < 1.29 is 19.1 Å². The van der Waals surface area contributed by atoms with Gasteiger partial charge in [-0.1, -0.05) is 0 Å². The van der Waals surface area contributed by atoms with E-state index in [9.17, 15) is 9.59 Å². The van der Waals surface area contributed by atoms with Crippen LogP contribution in [-0.4, -0.2) is 63.7 Å². The summed E-state index contributed by atoms with van der Waals surface area (Å²) >= 11 is 0. The predicted octanol–water partition coefficient (Wildman–Crippen LogP) is 0.735. The van der Waals surface area contributed by atoms with Crippen LogP contribution in [0.25, 0.3) is 0 Å². The summed E-state index contributed by atoms with van der Waals surface area (Å²) < 4.78 is 10.6. The molecule has 3 aliphatic rings. The van der Waals surface area contributed by atoms with Crippen LogP contribution >= 0.6 is 0 Å². The molecule has 0 spiro atoms. The molecule has 26 heavy (non-hydrogen) atoms. The van der Waals surface area contributed by atoms with Gasteiger partial charge in [-0.2, -0.15) is 0 Å². The van der Waals surface area contributed by atoms with Gasteiger partial charge in [0.05, 0.1) is 25.8 Å². The van der Waals surface area contributed by atoms with E-state index in [4.69, 9.17) is 9.47 Å². The van der Waals surface area contributed by atoms with Crippen LogP contribution in [0.1, 0.15) is 6.42 Å². The highest BCUT2D eigenvalue weighted by molar-refractivity contribution is 6.01. The minimum Gasteiger partial charge on any atom is -0.497 e. The molecule has 0 radical (unpaired) electrons. The largest absolute Gasteiger partial charge is 0.497 e. The Labute approximate surface area is 153 Å². The number of nitrogens with zero attached hydrogens (tertiary/aromatic N) is 2. The summed E-state index contributed by atoms with van der Waals surface area (Å²) in [6, 6.07) is 5.37. The highest BCUT2D eigenvalue weighted by Crippen LogP contribution is 2.37. The second-order valence-corrected chi connectivity index (χ2v) is 7.36. The van der Waals surface area contributed by atoms with Crippen LogP contribution in [0.4, 0.5) is 5.69 Å². The summed E-state index contributed by atoms with van der Waals surface area (Å²) in [5.74, 6) is 2.18. The van der Waals surface area contributed by atoms with Crippen LogP contribution in [0.15, 0.2) is 18.2 Å². The molecule has 1 aromatic carbocycles. The van der Waals surface area contributed by atoms with E-state index in [0.29, 0.717) is 35.6 Å². The Balaban J connectivity index is 1.48. The molecule has 140 valence electrons. The van der Waals surface area contributed by atoms with Crippen LogP contribution in [0.3, 0.4) is 0 Å². The van der Waals surface area contributed by atoms with Gasteiger partial charge >= 0.3 is 0 Å². The van der Waals surface area contributed by atoms with E-state index in [1.165, 1.54) is 0 Å². The zero-order valence-corrected chi connectivity index (χ0v) is 15.2. The number of likely N-dealkylation sites (tertiary alicyclic amines) is 1. The fourth-order valence-electron chi connectivity index (χ4n) is 4.41. The van der Waals surface area contributed by atoms with E-state index in [1.807, 2.05) is 11.0 Å². The minimum absolute atomic E-state index is 0.0344. The SMILES string of the molecule is COc1ccc(N2CC(C(=O)N3C[C@H]4CNC[C@H]4C3)CC2=O)c(OC)c1. The number of amides is 2. The van der Waals surface area contributed by atoms with Gasteiger partial charge in [-0.25, -0.2) is 0 Å². The van der Waals surface area contributed by atoms with Gasteiger partial charge in [-0.3, -0.25) is 9.59 Å². The van der Waals surface area contributed by atoms with Gasteiger partial charge in [0.15, 0.2) is 0 Å². The third kappa shape index (κ3) is 2.90. The Morgan fingerprint density at radius 3 is 2.50 bits per heavy atom. The first-order chi connectivity index (χ1) is 12.6. The fraction of sp³-hybridized carbons (Fsp3) is 0.579. The lowest BCUT2D eigenvalue weighted by molar-refractivity contribution is -0.135. The summed E-state index contributed by atoms with van der Waals surface area (Å²) in [6.45, 7) is 4.02. The molecule has 0 bridgehead atoms. The normalized spacial score (nSPS) is 27.8. The minimum atomic E-state index is -0.277. The maximum Gasteiger partial charge on any atom is 0.228 e. The van der Waals surface area contributed by atoms with Gasteiger partial charge in [-0.05, 0) is 24.0 Å². The zero-order valence-electron chi connectivity index (χ0n) is 15.2. The number of anilines is 1. The monoisotopic (exact) mass is 359 g/mol. The van der Waals surface area contributed by atoms with Crippen LogP contribution < -0.4 is 19.7 Å². The lowest BCUT2D eigenvalue weighted by Crippen LogP contribution is -2.37. The highest BCUT2D eigenvalue weighted by atomic mass is 16.5. The van der Waals surface area contributed by atoms with Gasteiger partial charge in [0.2, 0.25) is 11.8 Å². The molecule has 3 saturated heterocycles. The van der Waals surface area contributed by atoms with Crippen molar-refractivity contribution in [3.05, 3.63) is 18.2 Å². The van der Waals surface area contributed by atoms with Crippen molar-refractivity contribution in [1.82, 2.24) is 10.2 Å². The summed E-state index contributed by atoms with van der Waals surface area (Å²) in [6.07, 6.45) is 0.262. The molecule has 1 N–H and O–H groups in total. The molecule has 7 heteroatoms. The molecule has 4 rings (SSSR count). The van der Waals surface area contributed by atoms with Crippen molar-refractivity contribution in [2.24, 2.45) is 17.8 Å². The number of fused-ring (bicyclic) bond motifs is 1. The van der Waals surface area contributed by atoms with Gasteiger partial charge in [0, 0.05) is 45.2 Å². The van der Waals surface area contributed by atoms with Gasteiger partial charge < -0.3 is 24.6 Å². The Morgan fingerprint density at radius 2 is 1.85 bits per heavy atom. The van der Waals surface area contributed by atoms with Crippen LogP contribution in [0.5, 0.6) is 11.5 Å². The van der Waals surface area contributed by atoms with E-state index in [0.717, 1.165) is 26.2 Å². The lowest BCUT2D eigenvalue weighted by Gasteiger charge is -2.23. The van der Waals surface area contributed by atoms with Crippen LogP contribution in [-0.2, 0) is 9.59 Å². The first-order valence-corrected chi connectivity index (χ1v) is 9.12. The molecule has 0 aromatic heterocycles. The number of nitrogens with one attached hydrogen (secondary N) is 1. The predicted molar refractivity (Wildman–Crippen MR) is 96.4 cm³/mol. The fourth-order valence-corrected chi connectivity index (χ4v) is 4.41. The average molecular weight is 359 g/mol. The summed E-state index contributed by atoms with van der Waals surface area (Å²) in [5.41, 5.74) is 0.691. The lowest BCUT2D eigenvalue weighted by atomic mass is 10.0. The van der Waals surface area contributed by atoms with E-state index < -0.39 is 0 Å². The van der Waals surface area contributed by atoms with Crippen molar-refractivity contribution >= 4 is 17.5 Å². The molecule has 2 amide bonds. The topological polar surface area (TPSA) is 71.1 Å². The molecule has 3 aliphatic heterocycles. The van der Waals surface area contributed by atoms with Gasteiger partial charge in [-0.15, -0.1) is 0 Å². The Kier molecular flexibility index (Phi) is 4.48. The third-order valence-electron chi connectivity index (χ3n) is 5.85. The average Bonchev–Trinajstić information content (AvgIpc) is 3.35. The summed E-state index contributed by atoms with van der Waals surface area (Å²) in [7, 11) is 3.16. The second kappa shape index (κ2) is 6.79. The Bertz CT molecular complexity index is 711. The van der Waals surface area contributed by atoms with Crippen LogP contribution in [0, 0.1) is 17.8 Å². The molecule has 0 saturated carbocycles. The van der Waals surface area contributed by atoms with Gasteiger partial charge in [0.25, 0.3) is 0 Å². The number of carbonyl (C=O) groups is 2. The number of hydrogen-bond acceptors (Lipinski definition) is 5. The van der Waals surface area contributed by atoms with Crippen molar-refractivity contribution in [2.45, 2.75) is 6.42 Å². The maximum absolute atomic E-state index is 12.9. The van der Waals surface area contributed by atoms with Crippen molar-refractivity contribution in [3.8, 4) is 11.5 Å². The van der Waals surface area contributed by atoms with E-state index in [-0.39, 0.29) is 24.2 Å². The van der Waals surface area contributed by atoms with Crippen LogP contribution in [0.2, 0.25) is 0 Å². The quantitative estimate of drug-likeness (QED) is 0.858. The van der Waals surface area contributed by atoms with Crippen molar-refractivity contribution in [3.63, 3.8) is 0 Å². The highest BCUT2D eigenvalue weighted by Gasteiger charge is 2.43. The summed E-state index contributed by atoms with van der Waals surface area (Å²) in [4.78, 5) is 29.1. The molecule has 7 nitrogen and oxygen atoms in total. The number of hydrogen-bond donors (Lipinski definition) is 1. The number of benzene rings is 1. The molecular weight excluding hydrogens is 334 g/mol. The summed E-state index contributed by atoms with van der Waals surface area (Å²) in [5, 5.41) is 3.39. The van der Waals surface area contributed by atoms with E-state index in [2.05, 4.69) is 5.32 Å². The smallest absolute Gasteiger partial charge is 0.228 e. The second-order valence-electron chi connectivity index (χ2n) is 7.36. The molecule has 3 atom stereocenters. The van der Waals surface area contributed by atoms with E-state index >= 15 is 0 Å². The Hall–Kier alpha value is -2.28. The molecule has 3 heterocycles. The first kappa shape index (κ1) is 17.1. The molecule has 0 aliphatic carbocycles. The van der Waals surface area contributed by atoms with Crippen molar-refractivity contribution in [1.29, 1.82) is 0 Å². The molecular formula is C19H25N3O4. The Morgan fingerprint density at radius 1 is 1.12 bits per heavy atom. The number of carbonyl (C=O) groups excluding carboxylic acids is 2. The van der Waals surface area contributed by atoms with E-state index in [1.54, 1.807) is 31.3 Å². The third-order valence-corrected chi connectivity index (χ3v) is 5.85. The molecule has 1 aromatic rings. The number of methoxy groups -OCH3 is 2. The number of rotatable bonds is 4. The van der Waals surface area contributed by atoms with Crippen molar-refractivity contribution in [2.75, 3.05) is 51.8 Å². The first-order valence-electron chi connectivity index (χ1n) is 9.12. The molecule has 1 unspecified atom stereocenters. The number of ether oxygens (including phenoxy) is 2. The standard InChI is InChI=1S/C19H25N3O4/c1-25-15-3-4-16(17(6-15)26-2)22-11-12(5-18(22)23)19(24)21-9-13-7-20-8-14(13)10-21/h3-4,6,12-14,20H,5,7-11H2,1-2H3/t12?,13-,14+. The van der Waals surface area contributed by atoms with Gasteiger partial charge in [0.1, 0.15) is 11.5 Å². The zero-order chi connectivity index (χ0) is 18.3. The maximum atomic E-state index is 12.9.